The maximum absolute atomic E-state index is 12.0. The third-order valence-electron chi connectivity index (χ3n) is 4.38. The van der Waals surface area contributed by atoms with Crippen molar-refractivity contribution in [2.75, 3.05) is 20.1 Å². The van der Waals surface area contributed by atoms with Crippen LogP contribution < -0.4 is 5.32 Å². The van der Waals surface area contributed by atoms with E-state index in [0.717, 1.165) is 32.1 Å². The maximum atomic E-state index is 12.0. The number of halogens is 3. The summed E-state index contributed by atoms with van der Waals surface area (Å²) >= 11 is 0. The minimum atomic E-state index is -5.08. The second kappa shape index (κ2) is 8.57. The summed E-state index contributed by atoms with van der Waals surface area (Å²) in [5, 5.41) is 10.2. The van der Waals surface area contributed by atoms with E-state index in [9.17, 15) is 18.0 Å². The van der Waals surface area contributed by atoms with Gasteiger partial charge >= 0.3 is 12.1 Å². The van der Waals surface area contributed by atoms with Crippen LogP contribution in [-0.4, -0.2) is 52.8 Å². The monoisotopic (exact) mass is 375 g/mol. The van der Waals surface area contributed by atoms with Crippen molar-refractivity contribution in [1.82, 2.24) is 14.8 Å². The van der Waals surface area contributed by atoms with Crippen molar-refractivity contribution < 1.29 is 27.9 Å². The minimum absolute atomic E-state index is 0.223. The van der Waals surface area contributed by atoms with E-state index in [1.807, 2.05) is 0 Å². The molecule has 0 spiro atoms. The summed E-state index contributed by atoms with van der Waals surface area (Å²) in [6.45, 7) is 3.82. The highest BCUT2D eigenvalue weighted by atomic mass is 19.4. The van der Waals surface area contributed by atoms with E-state index in [1.54, 1.807) is 0 Å². The summed E-state index contributed by atoms with van der Waals surface area (Å²) < 4.78 is 34.0. The van der Waals surface area contributed by atoms with Gasteiger partial charge in [0, 0.05) is 44.5 Å². The number of alkyl halides is 3. The predicted molar refractivity (Wildman–Crippen MR) is 88.3 cm³/mol. The Hall–Kier alpha value is -2.03. The fraction of sp³-hybridized carbons (Fsp3) is 0.647. The molecule has 0 saturated heterocycles. The molecular formula is C17H24F3N3O3. The number of aliphatic carboxylic acids is 1. The Balaban J connectivity index is 0.000000298. The predicted octanol–water partition coefficient (Wildman–Crippen LogP) is 2.10. The van der Waals surface area contributed by atoms with Crippen LogP contribution in [0.15, 0.2) is 18.3 Å². The molecule has 0 radical (unpaired) electrons. The number of fused-ring (bicyclic) bond motifs is 1. The van der Waals surface area contributed by atoms with E-state index in [0.29, 0.717) is 12.3 Å². The summed E-state index contributed by atoms with van der Waals surface area (Å²) in [6.07, 6.45) is 0.274. The highest BCUT2D eigenvalue weighted by molar-refractivity contribution is 5.76. The van der Waals surface area contributed by atoms with E-state index in [2.05, 4.69) is 40.2 Å². The molecule has 1 aliphatic heterocycles. The summed E-state index contributed by atoms with van der Waals surface area (Å²) in [5.74, 6) is -1.36. The number of aromatic nitrogens is 1. The maximum Gasteiger partial charge on any atom is 0.490 e. The summed E-state index contributed by atoms with van der Waals surface area (Å²) in [5.41, 5.74) is 1.35. The van der Waals surface area contributed by atoms with Crippen LogP contribution in [0.5, 0.6) is 0 Å². The van der Waals surface area contributed by atoms with Gasteiger partial charge < -0.3 is 19.9 Å². The molecule has 9 heteroatoms. The zero-order valence-corrected chi connectivity index (χ0v) is 14.6. The molecule has 2 N–H and O–H groups in total. The van der Waals surface area contributed by atoms with Crippen molar-refractivity contribution in [2.24, 2.45) is 11.8 Å². The number of carboxylic acids is 1. The third kappa shape index (κ3) is 6.70. The zero-order chi connectivity index (χ0) is 19.3. The molecule has 1 aromatic heterocycles. The molecule has 146 valence electrons. The van der Waals surface area contributed by atoms with Crippen LogP contribution >= 0.6 is 0 Å². The van der Waals surface area contributed by atoms with Crippen LogP contribution in [-0.2, 0) is 22.7 Å². The molecule has 1 aromatic rings. The standard InChI is InChI=1S/C15H23N3O.C2HF3O2/c1-17-9-13(7-15(19)16-8-12-4-5-12)10-18-6-2-3-14(18)11-17;3-2(4,5)1(6)7/h2-3,6,12-13H,4-5,7-11H2,1H3,(H,16,19);(H,6,7). The molecule has 26 heavy (non-hydrogen) atoms. The van der Waals surface area contributed by atoms with Crippen molar-refractivity contribution in [3.8, 4) is 0 Å². The van der Waals surface area contributed by atoms with E-state index in [1.165, 1.54) is 18.5 Å². The Labute approximate surface area is 150 Å². The SMILES string of the molecule is CN1Cc2cccn2CC(CC(=O)NCC2CC2)C1.O=C(O)C(F)(F)F. The Morgan fingerprint density at radius 1 is 1.27 bits per heavy atom. The molecule has 1 atom stereocenters. The normalized spacial score (nSPS) is 20.4. The lowest BCUT2D eigenvalue weighted by Gasteiger charge is -2.19. The first kappa shape index (κ1) is 20.3. The fourth-order valence-electron chi connectivity index (χ4n) is 2.93. The van der Waals surface area contributed by atoms with Gasteiger partial charge in [0.05, 0.1) is 0 Å². The van der Waals surface area contributed by atoms with Gasteiger partial charge in [-0.1, -0.05) is 0 Å². The third-order valence-corrected chi connectivity index (χ3v) is 4.38. The van der Waals surface area contributed by atoms with Gasteiger partial charge in [0.1, 0.15) is 0 Å². The van der Waals surface area contributed by atoms with Gasteiger partial charge in [0.25, 0.3) is 0 Å². The summed E-state index contributed by atoms with van der Waals surface area (Å²) in [4.78, 5) is 23.2. The largest absolute Gasteiger partial charge is 0.490 e. The quantitative estimate of drug-likeness (QED) is 0.845. The number of nitrogens with zero attached hydrogens (tertiary/aromatic N) is 2. The Morgan fingerprint density at radius 3 is 2.50 bits per heavy atom. The van der Waals surface area contributed by atoms with Crippen LogP contribution in [0.4, 0.5) is 13.2 Å². The van der Waals surface area contributed by atoms with Crippen molar-refractivity contribution >= 4 is 11.9 Å². The lowest BCUT2D eigenvalue weighted by molar-refractivity contribution is -0.192. The van der Waals surface area contributed by atoms with Gasteiger partial charge in [0.15, 0.2) is 0 Å². The van der Waals surface area contributed by atoms with Crippen LogP contribution in [0.1, 0.15) is 25.0 Å². The molecule has 2 aliphatic rings. The first-order chi connectivity index (χ1) is 12.1. The van der Waals surface area contributed by atoms with Crippen molar-refractivity contribution in [3.05, 3.63) is 24.0 Å². The average molecular weight is 375 g/mol. The lowest BCUT2D eigenvalue weighted by atomic mass is 10.0. The van der Waals surface area contributed by atoms with Crippen LogP contribution in [0, 0.1) is 11.8 Å². The number of carbonyl (C=O) groups excluding carboxylic acids is 1. The number of hydrogen-bond donors (Lipinski definition) is 2. The summed E-state index contributed by atoms with van der Waals surface area (Å²) in [7, 11) is 2.14. The molecule has 6 nitrogen and oxygen atoms in total. The number of hydrogen-bond acceptors (Lipinski definition) is 3. The van der Waals surface area contributed by atoms with Crippen molar-refractivity contribution in [1.29, 1.82) is 0 Å². The molecule has 1 aliphatic carbocycles. The van der Waals surface area contributed by atoms with Crippen LogP contribution in [0.25, 0.3) is 0 Å². The van der Waals surface area contributed by atoms with Gasteiger partial charge in [-0.25, -0.2) is 4.79 Å². The van der Waals surface area contributed by atoms with E-state index < -0.39 is 12.1 Å². The van der Waals surface area contributed by atoms with Crippen LogP contribution in [0.2, 0.25) is 0 Å². The van der Waals surface area contributed by atoms with Gasteiger partial charge in [-0.3, -0.25) is 4.79 Å². The molecular weight excluding hydrogens is 351 g/mol. The molecule has 1 fully saturated rings. The zero-order valence-electron chi connectivity index (χ0n) is 14.6. The van der Waals surface area contributed by atoms with Gasteiger partial charge in [-0.2, -0.15) is 13.2 Å². The first-order valence-electron chi connectivity index (χ1n) is 8.54. The van der Waals surface area contributed by atoms with Crippen LogP contribution in [0.3, 0.4) is 0 Å². The molecule has 3 rings (SSSR count). The van der Waals surface area contributed by atoms with Crippen molar-refractivity contribution in [3.63, 3.8) is 0 Å². The number of amides is 1. The Bertz CT molecular complexity index is 626. The van der Waals surface area contributed by atoms with Crippen molar-refractivity contribution in [2.45, 2.75) is 38.5 Å². The molecule has 1 saturated carbocycles. The molecule has 0 aromatic carbocycles. The number of rotatable bonds is 4. The lowest BCUT2D eigenvalue weighted by Crippen LogP contribution is -2.32. The molecule has 2 heterocycles. The Kier molecular flexibility index (Phi) is 6.69. The van der Waals surface area contributed by atoms with E-state index >= 15 is 0 Å². The average Bonchev–Trinajstić information content (AvgIpc) is 3.28. The second-order valence-corrected chi connectivity index (χ2v) is 6.97. The van der Waals surface area contributed by atoms with Gasteiger partial charge in [-0.05, 0) is 43.9 Å². The van der Waals surface area contributed by atoms with E-state index in [-0.39, 0.29) is 5.91 Å². The highest BCUT2D eigenvalue weighted by Gasteiger charge is 2.38. The number of nitrogens with one attached hydrogen (secondary N) is 1. The molecule has 0 bridgehead atoms. The van der Waals surface area contributed by atoms with E-state index in [4.69, 9.17) is 9.90 Å². The topological polar surface area (TPSA) is 74.6 Å². The van der Waals surface area contributed by atoms with Gasteiger partial charge in [-0.15, -0.1) is 0 Å². The smallest absolute Gasteiger partial charge is 0.475 e. The fourth-order valence-corrected chi connectivity index (χ4v) is 2.93. The highest BCUT2D eigenvalue weighted by Crippen LogP contribution is 2.27. The number of carboxylic acid groups (broad SMARTS) is 1. The van der Waals surface area contributed by atoms with Gasteiger partial charge in [0.2, 0.25) is 5.91 Å². The molecule has 1 amide bonds. The first-order valence-corrected chi connectivity index (χ1v) is 8.54. The second-order valence-electron chi connectivity index (χ2n) is 6.97. The minimum Gasteiger partial charge on any atom is -0.475 e. The summed E-state index contributed by atoms with van der Waals surface area (Å²) in [6, 6.07) is 4.27. The molecule has 1 unspecified atom stereocenters. The number of carbonyl (C=O) groups is 2. The Morgan fingerprint density at radius 2 is 1.92 bits per heavy atom.